The molecule has 302 valence electrons. The van der Waals surface area contributed by atoms with Crippen LogP contribution in [0.3, 0.4) is 0 Å². The molecule has 5 heterocycles. The highest BCUT2D eigenvalue weighted by atomic mass is 19.1. The molecule has 58 heavy (non-hydrogen) atoms. The zero-order chi connectivity index (χ0) is 40.2. The third-order valence-corrected chi connectivity index (χ3v) is 11.9. The summed E-state index contributed by atoms with van der Waals surface area (Å²) >= 11 is 0. The van der Waals surface area contributed by atoms with Gasteiger partial charge in [0, 0.05) is 69.3 Å². The fourth-order valence-electron chi connectivity index (χ4n) is 8.56. The van der Waals surface area contributed by atoms with E-state index in [9.17, 15) is 28.0 Å². The minimum Gasteiger partial charge on any atom is -0.374 e. The molecule has 0 spiro atoms. The fourth-order valence-corrected chi connectivity index (χ4v) is 8.56. The number of hydrogen-bond acceptors (Lipinski definition) is 8. The van der Waals surface area contributed by atoms with Crippen LogP contribution in [0.2, 0.25) is 0 Å². The Kier molecular flexibility index (Phi) is 11.6. The second-order valence-electron chi connectivity index (χ2n) is 15.7. The van der Waals surface area contributed by atoms with Crippen molar-refractivity contribution < 1.29 is 28.0 Å². The second kappa shape index (κ2) is 17.3. The molecule has 3 aliphatic heterocycles. The minimum absolute atomic E-state index is 0.0732. The van der Waals surface area contributed by atoms with Crippen molar-refractivity contribution in [1.82, 2.24) is 30.1 Å². The molecule has 0 bridgehead atoms. The molecule has 0 radical (unpaired) electrons. The molecule has 14 heteroatoms. The smallest absolute Gasteiger partial charge is 0.256 e. The van der Waals surface area contributed by atoms with E-state index >= 15 is 0 Å². The van der Waals surface area contributed by atoms with Crippen LogP contribution in [0.25, 0.3) is 5.65 Å². The number of rotatable bonds is 12. The number of carbonyl (C=O) groups excluding carboxylic acids is 4. The first kappa shape index (κ1) is 38.9. The summed E-state index contributed by atoms with van der Waals surface area (Å²) in [5.74, 6) is -0.271. The van der Waals surface area contributed by atoms with Crippen LogP contribution in [-0.2, 0) is 27.2 Å². The first-order valence-electron chi connectivity index (χ1n) is 20.4. The summed E-state index contributed by atoms with van der Waals surface area (Å²) in [4.78, 5) is 58.6. The molecule has 4 aromatic rings. The topological polar surface area (TPSA) is 141 Å². The molecule has 4 aliphatic rings. The van der Waals surface area contributed by atoms with Crippen molar-refractivity contribution in [1.29, 1.82) is 0 Å². The zero-order valence-electron chi connectivity index (χ0n) is 32.4. The number of aromatic nitrogens is 3. The Morgan fingerprint density at radius 3 is 2.38 bits per heavy atom. The molecule has 4 amide bonds. The summed E-state index contributed by atoms with van der Waals surface area (Å²) in [6.07, 6.45) is 10.6. The van der Waals surface area contributed by atoms with Crippen LogP contribution in [-0.4, -0.2) is 81.4 Å². The van der Waals surface area contributed by atoms with Crippen LogP contribution in [0.15, 0.2) is 90.3 Å². The maximum absolute atomic E-state index is 14.8. The highest BCUT2D eigenvalue weighted by Crippen LogP contribution is 2.36. The SMILES string of the molecule is O=C1CCC(Nc2ccc(C3CCN(C(=O)CCc4ccc(CCNC(=O)c5cnn6ccc(N7CCCC7C7=C(F)CCC(F)=C7)nc56)cc4)CC3)cc2)C(=O)N1. The molecule has 2 atom stereocenters. The van der Waals surface area contributed by atoms with Crippen LogP contribution in [0.5, 0.6) is 0 Å². The van der Waals surface area contributed by atoms with Gasteiger partial charge in [-0.25, -0.2) is 18.3 Å². The van der Waals surface area contributed by atoms with Gasteiger partial charge >= 0.3 is 0 Å². The number of nitrogens with zero attached hydrogens (tertiary/aromatic N) is 5. The third kappa shape index (κ3) is 8.80. The van der Waals surface area contributed by atoms with E-state index in [1.165, 1.54) is 17.8 Å². The predicted molar refractivity (Wildman–Crippen MR) is 216 cm³/mol. The molecule has 12 nitrogen and oxygen atoms in total. The van der Waals surface area contributed by atoms with Gasteiger partial charge in [-0.1, -0.05) is 36.4 Å². The average Bonchev–Trinajstić information content (AvgIpc) is 3.90. The molecule has 3 N–H and O–H groups in total. The summed E-state index contributed by atoms with van der Waals surface area (Å²) in [6.45, 7) is 2.50. The van der Waals surface area contributed by atoms with Crippen molar-refractivity contribution in [2.45, 2.75) is 88.6 Å². The second-order valence-corrected chi connectivity index (χ2v) is 15.7. The molecule has 3 fully saturated rings. The van der Waals surface area contributed by atoms with Crippen molar-refractivity contribution in [2.75, 3.05) is 36.4 Å². The van der Waals surface area contributed by atoms with E-state index in [1.54, 1.807) is 16.8 Å². The van der Waals surface area contributed by atoms with Crippen LogP contribution in [0.4, 0.5) is 20.3 Å². The number of aryl methyl sites for hydroxylation is 1. The highest BCUT2D eigenvalue weighted by molar-refractivity contribution is 6.01. The van der Waals surface area contributed by atoms with Crippen LogP contribution < -0.4 is 20.9 Å². The van der Waals surface area contributed by atoms with Gasteiger partial charge in [-0.05, 0) is 91.8 Å². The van der Waals surface area contributed by atoms with Crippen LogP contribution in [0, 0.1) is 0 Å². The Labute approximate surface area is 335 Å². The standard InChI is InChI=1S/C44H48F2N8O4/c45-32-10-13-36(46)34(26-32)38-2-1-22-53(38)39-20-25-54-42(50-39)35(27-48-54)43(57)47-21-17-29-5-3-28(4-6-29)7-16-41(56)52-23-18-31(19-24-52)30-8-11-33(12-9-30)49-37-14-15-40(55)51-44(37)58/h3-6,8-9,11-12,20,25-27,31,37-38,49H,1-2,7,10,13-19,21-24H2,(H,47,57)(H,51,55,58). The van der Waals surface area contributed by atoms with E-state index in [2.05, 4.69) is 33.2 Å². The number of benzene rings is 2. The van der Waals surface area contributed by atoms with Crippen molar-refractivity contribution in [3.05, 3.63) is 113 Å². The zero-order valence-corrected chi connectivity index (χ0v) is 32.4. The van der Waals surface area contributed by atoms with Crippen molar-refractivity contribution in [2.24, 2.45) is 0 Å². The van der Waals surface area contributed by atoms with Gasteiger partial charge in [-0.3, -0.25) is 24.5 Å². The number of fused-ring (bicyclic) bond motifs is 1. The van der Waals surface area contributed by atoms with Gasteiger partial charge in [-0.2, -0.15) is 5.10 Å². The van der Waals surface area contributed by atoms with Gasteiger partial charge in [0.2, 0.25) is 17.7 Å². The van der Waals surface area contributed by atoms with Crippen molar-refractivity contribution >= 4 is 40.8 Å². The molecule has 2 aromatic heterocycles. The lowest BCUT2D eigenvalue weighted by atomic mass is 9.89. The number of allylic oxidation sites excluding steroid dienone is 2. The largest absolute Gasteiger partial charge is 0.374 e. The van der Waals surface area contributed by atoms with E-state index in [1.807, 2.05) is 46.2 Å². The molecule has 1 aliphatic carbocycles. The Morgan fingerprint density at radius 1 is 0.862 bits per heavy atom. The number of hydrogen-bond donors (Lipinski definition) is 3. The summed E-state index contributed by atoms with van der Waals surface area (Å²) in [6, 6.07) is 17.3. The maximum atomic E-state index is 14.8. The van der Waals surface area contributed by atoms with Crippen molar-refractivity contribution in [3.8, 4) is 0 Å². The fraction of sp³-hybridized carbons (Fsp3) is 0.409. The number of anilines is 2. The van der Waals surface area contributed by atoms with Crippen LogP contribution in [0.1, 0.15) is 90.8 Å². The number of likely N-dealkylation sites (tertiary alicyclic amines) is 1. The van der Waals surface area contributed by atoms with Crippen LogP contribution >= 0.6 is 0 Å². The average molecular weight is 791 g/mol. The lowest BCUT2D eigenvalue weighted by Gasteiger charge is -2.32. The number of halogens is 2. The predicted octanol–water partition coefficient (Wildman–Crippen LogP) is 6.10. The Bertz CT molecular complexity index is 2250. The van der Waals surface area contributed by atoms with Gasteiger partial charge in [0.15, 0.2) is 5.65 Å². The molecule has 8 rings (SSSR count). The first-order chi connectivity index (χ1) is 28.2. The molecule has 2 aromatic carbocycles. The highest BCUT2D eigenvalue weighted by Gasteiger charge is 2.32. The van der Waals surface area contributed by atoms with E-state index in [-0.39, 0.29) is 54.2 Å². The molecule has 2 unspecified atom stereocenters. The number of piperidine rings is 2. The van der Waals surface area contributed by atoms with Gasteiger partial charge in [0.05, 0.1) is 12.2 Å². The quantitative estimate of drug-likeness (QED) is 0.147. The van der Waals surface area contributed by atoms with Gasteiger partial charge < -0.3 is 20.4 Å². The van der Waals surface area contributed by atoms with Gasteiger partial charge in [-0.15, -0.1) is 0 Å². The molecule has 3 saturated heterocycles. The van der Waals surface area contributed by atoms with Gasteiger partial charge in [0.25, 0.3) is 5.91 Å². The number of imide groups is 1. The molecular weight excluding hydrogens is 743 g/mol. The summed E-state index contributed by atoms with van der Waals surface area (Å²) in [7, 11) is 0. The lowest BCUT2D eigenvalue weighted by molar-refractivity contribution is -0.134. The Morgan fingerprint density at radius 2 is 1.62 bits per heavy atom. The Balaban J connectivity index is 0.772. The van der Waals surface area contributed by atoms with E-state index < -0.39 is 6.04 Å². The van der Waals surface area contributed by atoms with Gasteiger partial charge in [0.1, 0.15) is 29.1 Å². The minimum atomic E-state index is -0.413. The molecule has 0 saturated carbocycles. The van der Waals surface area contributed by atoms with Crippen molar-refractivity contribution in [3.63, 3.8) is 0 Å². The third-order valence-electron chi connectivity index (χ3n) is 11.9. The van der Waals surface area contributed by atoms with E-state index in [0.29, 0.717) is 80.1 Å². The number of carbonyl (C=O) groups is 4. The number of nitrogens with one attached hydrogen (secondary N) is 3. The first-order valence-corrected chi connectivity index (χ1v) is 20.4. The normalized spacial score (nSPS) is 20.3. The summed E-state index contributed by atoms with van der Waals surface area (Å²) < 4.78 is 30.4. The number of amides is 4. The summed E-state index contributed by atoms with van der Waals surface area (Å²) in [5.41, 5.74) is 5.33. The summed E-state index contributed by atoms with van der Waals surface area (Å²) in [5, 5.41) is 12.9. The molecular formula is C44H48F2N8O4. The monoisotopic (exact) mass is 790 g/mol. The maximum Gasteiger partial charge on any atom is 0.256 e. The lowest BCUT2D eigenvalue weighted by Crippen LogP contribution is -2.47. The Hall–Kier alpha value is -5.92. The van der Waals surface area contributed by atoms with E-state index in [4.69, 9.17) is 4.98 Å². The van der Waals surface area contributed by atoms with E-state index in [0.717, 1.165) is 49.2 Å².